The molecule has 0 heterocycles. The van der Waals surface area contributed by atoms with Crippen LogP contribution in [0.25, 0.3) is 0 Å². The van der Waals surface area contributed by atoms with E-state index in [1.165, 1.54) is 11.1 Å². The van der Waals surface area contributed by atoms with E-state index >= 15 is 0 Å². The topological polar surface area (TPSA) is 35.2 Å². The fourth-order valence-electron chi connectivity index (χ4n) is 1.55. The van der Waals surface area contributed by atoms with Gasteiger partial charge in [-0.25, -0.2) is 0 Å². The van der Waals surface area contributed by atoms with E-state index in [4.69, 9.17) is 10.5 Å². The third-order valence-electron chi connectivity index (χ3n) is 2.34. The smallest absolute Gasteiger partial charge is 0.0659 e. The van der Waals surface area contributed by atoms with Gasteiger partial charge in [-0.2, -0.15) is 0 Å². The van der Waals surface area contributed by atoms with Gasteiger partial charge in [-0.1, -0.05) is 31.2 Å². The molecule has 0 aliphatic rings. The summed E-state index contributed by atoms with van der Waals surface area (Å²) in [4.78, 5) is 0. The van der Waals surface area contributed by atoms with E-state index in [2.05, 4.69) is 25.1 Å². The first-order valence-corrected chi connectivity index (χ1v) is 5.20. The molecule has 1 rings (SSSR count). The maximum Gasteiger partial charge on any atom is 0.0659 e. The second kappa shape index (κ2) is 5.78. The van der Waals surface area contributed by atoms with Crippen molar-refractivity contribution < 1.29 is 4.74 Å². The summed E-state index contributed by atoms with van der Waals surface area (Å²) < 4.78 is 5.32. The quantitative estimate of drug-likeness (QED) is 0.778. The molecule has 1 aromatic carbocycles. The number of hydrogen-bond acceptors (Lipinski definition) is 2. The van der Waals surface area contributed by atoms with Crippen molar-refractivity contribution >= 4 is 0 Å². The Morgan fingerprint density at radius 1 is 1.29 bits per heavy atom. The van der Waals surface area contributed by atoms with Crippen LogP contribution in [-0.2, 0) is 11.2 Å². The van der Waals surface area contributed by atoms with Crippen molar-refractivity contribution in [2.45, 2.75) is 26.3 Å². The van der Waals surface area contributed by atoms with Crippen molar-refractivity contribution in [2.24, 2.45) is 5.73 Å². The van der Waals surface area contributed by atoms with E-state index in [1.807, 2.05) is 13.0 Å². The first kappa shape index (κ1) is 11.2. The van der Waals surface area contributed by atoms with E-state index in [0.717, 1.165) is 13.0 Å². The zero-order valence-electron chi connectivity index (χ0n) is 8.99. The molecule has 0 amide bonds. The van der Waals surface area contributed by atoms with Gasteiger partial charge in [0.1, 0.15) is 0 Å². The molecule has 0 aromatic heterocycles. The number of hydrogen-bond donors (Lipinski definition) is 1. The summed E-state index contributed by atoms with van der Waals surface area (Å²) in [7, 11) is 0. The Kier molecular flexibility index (Phi) is 4.63. The van der Waals surface area contributed by atoms with Crippen LogP contribution in [0.5, 0.6) is 0 Å². The Labute approximate surface area is 86.1 Å². The van der Waals surface area contributed by atoms with Gasteiger partial charge in [0.2, 0.25) is 0 Å². The minimum atomic E-state index is 0.00565. The molecule has 1 aromatic rings. The van der Waals surface area contributed by atoms with Crippen molar-refractivity contribution in [3.8, 4) is 0 Å². The zero-order chi connectivity index (χ0) is 10.4. The van der Waals surface area contributed by atoms with Gasteiger partial charge in [0.15, 0.2) is 0 Å². The Hall–Kier alpha value is -0.860. The minimum absolute atomic E-state index is 0.00565. The SMILES string of the molecule is CCOCC(N)c1ccccc1CC. The number of ether oxygens (including phenoxy) is 1. The second-order valence-corrected chi connectivity index (χ2v) is 3.32. The Balaban J connectivity index is 2.72. The van der Waals surface area contributed by atoms with Crippen LogP contribution < -0.4 is 5.73 Å². The zero-order valence-corrected chi connectivity index (χ0v) is 8.99. The molecule has 1 atom stereocenters. The van der Waals surface area contributed by atoms with E-state index < -0.39 is 0 Å². The van der Waals surface area contributed by atoms with Crippen LogP contribution in [0, 0.1) is 0 Å². The number of benzene rings is 1. The summed E-state index contributed by atoms with van der Waals surface area (Å²) in [5.41, 5.74) is 8.56. The summed E-state index contributed by atoms with van der Waals surface area (Å²) in [5, 5.41) is 0. The fourth-order valence-corrected chi connectivity index (χ4v) is 1.55. The molecule has 1 unspecified atom stereocenters. The van der Waals surface area contributed by atoms with E-state index in [9.17, 15) is 0 Å². The summed E-state index contributed by atoms with van der Waals surface area (Å²) in [6, 6.07) is 8.30. The lowest BCUT2D eigenvalue weighted by molar-refractivity contribution is 0.133. The molecule has 0 aliphatic carbocycles. The molecule has 0 saturated heterocycles. The molecule has 0 bridgehead atoms. The minimum Gasteiger partial charge on any atom is -0.380 e. The van der Waals surface area contributed by atoms with Crippen molar-refractivity contribution in [3.63, 3.8) is 0 Å². The highest BCUT2D eigenvalue weighted by Gasteiger charge is 2.08. The lowest BCUT2D eigenvalue weighted by Crippen LogP contribution is -2.18. The number of aryl methyl sites for hydroxylation is 1. The summed E-state index contributed by atoms with van der Waals surface area (Å²) in [6.07, 6.45) is 1.02. The van der Waals surface area contributed by atoms with Crippen molar-refractivity contribution in [1.29, 1.82) is 0 Å². The number of rotatable bonds is 5. The molecule has 14 heavy (non-hydrogen) atoms. The molecule has 78 valence electrons. The van der Waals surface area contributed by atoms with Gasteiger partial charge in [-0.3, -0.25) is 0 Å². The molecule has 0 radical (unpaired) electrons. The Morgan fingerprint density at radius 3 is 2.64 bits per heavy atom. The predicted octanol–water partition coefficient (Wildman–Crippen LogP) is 2.29. The van der Waals surface area contributed by atoms with Gasteiger partial charge >= 0.3 is 0 Å². The van der Waals surface area contributed by atoms with Crippen LogP contribution in [0.3, 0.4) is 0 Å². The fraction of sp³-hybridized carbons (Fsp3) is 0.500. The second-order valence-electron chi connectivity index (χ2n) is 3.32. The molecular weight excluding hydrogens is 174 g/mol. The third-order valence-corrected chi connectivity index (χ3v) is 2.34. The molecule has 0 spiro atoms. The van der Waals surface area contributed by atoms with Crippen LogP contribution in [0.4, 0.5) is 0 Å². The van der Waals surface area contributed by atoms with Gasteiger partial charge in [-0.05, 0) is 24.5 Å². The maximum atomic E-state index is 6.03. The van der Waals surface area contributed by atoms with E-state index in [1.54, 1.807) is 0 Å². The predicted molar refractivity (Wildman–Crippen MR) is 59.2 cm³/mol. The maximum absolute atomic E-state index is 6.03. The molecule has 2 heteroatoms. The summed E-state index contributed by atoms with van der Waals surface area (Å²) in [5.74, 6) is 0. The number of nitrogens with two attached hydrogens (primary N) is 1. The Morgan fingerprint density at radius 2 is 2.00 bits per heavy atom. The van der Waals surface area contributed by atoms with Crippen molar-refractivity contribution in [1.82, 2.24) is 0 Å². The van der Waals surface area contributed by atoms with Crippen LogP contribution in [0.15, 0.2) is 24.3 Å². The summed E-state index contributed by atoms with van der Waals surface area (Å²) in [6.45, 7) is 5.46. The largest absolute Gasteiger partial charge is 0.380 e. The molecular formula is C12H19NO. The van der Waals surface area contributed by atoms with Gasteiger partial charge in [-0.15, -0.1) is 0 Å². The monoisotopic (exact) mass is 193 g/mol. The molecule has 2 N–H and O–H groups in total. The first-order valence-electron chi connectivity index (χ1n) is 5.20. The normalized spacial score (nSPS) is 12.8. The highest BCUT2D eigenvalue weighted by atomic mass is 16.5. The van der Waals surface area contributed by atoms with Crippen LogP contribution in [-0.4, -0.2) is 13.2 Å². The first-order chi connectivity index (χ1) is 6.79. The third kappa shape index (κ3) is 2.82. The lowest BCUT2D eigenvalue weighted by atomic mass is 10.00. The molecule has 0 aliphatic heterocycles. The van der Waals surface area contributed by atoms with Gasteiger partial charge in [0, 0.05) is 6.61 Å². The highest BCUT2D eigenvalue weighted by Crippen LogP contribution is 2.16. The van der Waals surface area contributed by atoms with Crippen molar-refractivity contribution in [2.75, 3.05) is 13.2 Å². The van der Waals surface area contributed by atoms with Crippen LogP contribution in [0.1, 0.15) is 31.0 Å². The molecule has 0 saturated carbocycles. The van der Waals surface area contributed by atoms with Crippen LogP contribution in [0.2, 0.25) is 0 Å². The highest BCUT2D eigenvalue weighted by molar-refractivity contribution is 5.29. The lowest BCUT2D eigenvalue weighted by Gasteiger charge is -2.15. The standard InChI is InChI=1S/C12H19NO/c1-3-10-7-5-6-8-11(10)12(13)9-14-4-2/h5-8,12H,3-4,9,13H2,1-2H3. The Bertz CT molecular complexity index is 273. The molecule has 2 nitrogen and oxygen atoms in total. The van der Waals surface area contributed by atoms with E-state index in [0.29, 0.717) is 6.61 Å². The summed E-state index contributed by atoms with van der Waals surface area (Å²) >= 11 is 0. The average molecular weight is 193 g/mol. The van der Waals surface area contributed by atoms with Gasteiger partial charge in [0.25, 0.3) is 0 Å². The average Bonchev–Trinajstić information content (AvgIpc) is 2.25. The molecule has 0 fully saturated rings. The van der Waals surface area contributed by atoms with Gasteiger partial charge < -0.3 is 10.5 Å². The van der Waals surface area contributed by atoms with Gasteiger partial charge in [0.05, 0.1) is 12.6 Å². The van der Waals surface area contributed by atoms with Crippen molar-refractivity contribution in [3.05, 3.63) is 35.4 Å². The van der Waals surface area contributed by atoms with E-state index in [-0.39, 0.29) is 6.04 Å². The van der Waals surface area contributed by atoms with Crippen LogP contribution >= 0.6 is 0 Å².